The molecule has 0 aromatic rings. The third-order valence-corrected chi connectivity index (χ3v) is 6.79. The normalized spacial score (nSPS) is 45.2. The largest absolute Gasteiger partial charge is 0.338 e. The van der Waals surface area contributed by atoms with Gasteiger partial charge in [-0.2, -0.15) is 0 Å². The Labute approximate surface area is 115 Å². The Kier molecular flexibility index (Phi) is 3.00. The molecular formula is C15H24N2S. The smallest absolute Gasteiger partial charge is 0.162 e. The maximum absolute atomic E-state index is 4.99. The lowest BCUT2D eigenvalue weighted by molar-refractivity contribution is 0.420. The molecule has 0 aromatic heterocycles. The number of rotatable bonds is 2. The van der Waals surface area contributed by atoms with Gasteiger partial charge in [0.15, 0.2) is 5.17 Å². The number of amidine groups is 1. The number of fused-ring (bicyclic) bond motifs is 2. The van der Waals surface area contributed by atoms with Gasteiger partial charge in [-0.25, -0.2) is 0 Å². The molecule has 0 spiro atoms. The molecule has 3 rings (SSSR count). The van der Waals surface area contributed by atoms with Crippen LogP contribution in [-0.4, -0.2) is 16.0 Å². The van der Waals surface area contributed by atoms with Gasteiger partial charge in [-0.15, -0.1) is 0 Å². The molecule has 2 aliphatic carbocycles. The van der Waals surface area contributed by atoms with Crippen molar-refractivity contribution in [3.63, 3.8) is 0 Å². The zero-order chi connectivity index (χ0) is 12.9. The van der Waals surface area contributed by atoms with E-state index >= 15 is 0 Å². The fourth-order valence-electron chi connectivity index (χ4n) is 3.59. The van der Waals surface area contributed by atoms with E-state index in [9.17, 15) is 0 Å². The molecule has 1 N–H and O–H groups in total. The van der Waals surface area contributed by atoms with E-state index in [2.05, 4.69) is 32.7 Å². The van der Waals surface area contributed by atoms with Gasteiger partial charge < -0.3 is 5.32 Å². The summed E-state index contributed by atoms with van der Waals surface area (Å²) < 4.78 is 0.108. The highest BCUT2D eigenvalue weighted by molar-refractivity contribution is 8.15. The van der Waals surface area contributed by atoms with Crippen molar-refractivity contribution in [1.29, 1.82) is 0 Å². The Balaban J connectivity index is 1.74. The molecule has 1 saturated heterocycles. The molecule has 3 fully saturated rings. The van der Waals surface area contributed by atoms with E-state index in [-0.39, 0.29) is 4.75 Å². The minimum atomic E-state index is 0.108. The van der Waals surface area contributed by atoms with Gasteiger partial charge in [-0.3, -0.25) is 4.99 Å². The lowest BCUT2D eigenvalue weighted by atomic mass is 9.94. The summed E-state index contributed by atoms with van der Waals surface area (Å²) >= 11 is 1.88. The van der Waals surface area contributed by atoms with E-state index in [1.165, 1.54) is 25.7 Å². The van der Waals surface area contributed by atoms with Gasteiger partial charge in [0.05, 0.1) is 10.8 Å². The molecule has 1 aliphatic heterocycles. The second-order valence-corrected chi connectivity index (χ2v) is 8.08. The fourth-order valence-corrected chi connectivity index (χ4v) is 4.76. The summed E-state index contributed by atoms with van der Waals surface area (Å²) in [6.45, 7) is 11.0. The van der Waals surface area contributed by atoms with Crippen LogP contribution in [0.5, 0.6) is 0 Å². The molecule has 2 nitrogen and oxygen atoms in total. The third kappa shape index (κ3) is 1.91. The Bertz CT molecular complexity index is 401. The SMILES string of the molecule is C=C1NC(=N[C@@H]2C[C@H]3CC[C@@H]2C3)S[C@]1(C)C(C)C. The standard InChI is InChI=1S/C15H24N2S/c1-9(2)15(4)10(3)16-14(18-15)17-13-8-11-5-6-12(13)7-11/h9,11-13H,3,5-8H2,1-2,4H3,(H,16,17)/t11-,12+,13+,15+/m0/s1. The predicted molar refractivity (Wildman–Crippen MR) is 79.8 cm³/mol. The summed E-state index contributed by atoms with van der Waals surface area (Å²) in [4.78, 5) is 4.99. The molecule has 2 saturated carbocycles. The topological polar surface area (TPSA) is 24.4 Å². The number of thioether (sulfide) groups is 1. The summed E-state index contributed by atoms with van der Waals surface area (Å²) in [6, 6.07) is 0.584. The van der Waals surface area contributed by atoms with Crippen molar-refractivity contribution in [3.8, 4) is 0 Å². The molecule has 18 heavy (non-hydrogen) atoms. The lowest BCUT2D eigenvalue weighted by Crippen LogP contribution is -2.28. The van der Waals surface area contributed by atoms with Gasteiger partial charge in [0.1, 0.15) is 0 Å². The van der Waals surface area contributed by atoms with E-state index in [1.807, 2.05) is 11.8 Å². The van der Waals surface area contributed by atoms with E-state index in [1.54, 1.807) is 0 Å². The Morgan fingerprint density at radius 1 is 1.39 bits per heavy atom. The predicted octanol–water partition coefficient (Wildman–Crippen LogP) is 3.80. The number of hydrogen-bond acceptors (Lipinski definition) is 2. The first kappa shape index (κ1) is 12.6. The highest BCUT2D eigenvalue weighted by Crippen LogP contribution is 2.48. The van der Waals surface area contributed by atoms with Crippen LogP contribution in [0.25, 0.3) is 0 Å². The minimum Gasteiger partial charge on any atom is -0.338 e. The lowest BCUT2D eigenvalue weighted by Gasteiger charge is -2.26. The van der Waals surface area contributed by atoms with Crippen LogP contribution in [0.1, 0.15) is 46.5 Å². The minimum absolute atomic E-state index is 0.108. The van der Waals surface area contributed by atoms with Crippen LogP contribution < -0.4 is 5.32 Å². The maximum Gasteiger partial charge on any atom is 0.162 e. The highest BCUT2D eigenvalue weighted by atomic mass is 32.2. The second-order valence-electron chi connectivity index (χ2n) is 6.64. The average Bonchev–Trinajstić information content (AvgIpc) is 2.95. The molecule has 4 atom stereocenters. The first-order valence-corrected chi connectivity index (χ1v) is 8.04. The van der Waals surface area contributed by atoms with Crippen LogP contribution in [0.3, 0.4) is 0 Å². The zero-order valence-electron chi connectivity index (χ0n) is 11.7. The molecule has 100 valence electrons. The monoisotopic (exact) mass is 264 g/mol. The van der Waals surface area contributed by atoms with Gasteiger partial charge in [0, 0.05) is 5.70 Å². The van der Waals surface area contributed by atoms with Gasteiger partial charge >= 0.3 is 0 Å². The van der Waals surface area contributed by atoms with Gasteiger partial charge in [0.2, 0.25) is 0 Å². The van der Waals surface area contributed by atoms with Crippen molar-refractivity contribution in [2.24, 2.45) is 22.7 Å². The van der Waals surface area contributed by atoms with Crippen LogP contribution in [0.4, 0.5) is 0 Å². The summed E-state index contributed by atoms with van der Waals surface area (Å²) in [5, 5.41) is 4.55. The summed E-state index contributed by atoms with van der Waals surface area (Å²) in [6.07, 6.45) is 5.60. The van der Waals surface area contributed by atoms with E-state index in [4.69, 9.17) is 4.99 Å². The Morgan fingerprint density at radius 2 is 2.17 bits per heavy atom. The van der Waals surface area contributed by atoms with Crippen molar-refractivity contribution in [2.45, 2.75) is 57.2 Å². The third-order valence-electron chi connectivity index (χ3n) is 5.25. The van der Waals surface area contributed by atoms with Crippen molar-refractivity contribution >= 4 is 16.9 Å². The quantitative estimate of drug-likeness (QED) is 0.820. The summed E-state index contributed by atoms with van der Waals surface area (Å²) in [5.74, 6) is 2.41. The van der Waals surface area contributed by atoms with Crippen molar-refractivity contribution in [3.05, 3.63) is 12.3 Å². The van der Waals surface area contributed by atoms with E-state index in [0.29, 0.717) is 12.0 Å². The van der Waals surface area contributed by atoms with Crippen LogP contribution in [0.15, 0.2) is 17.3 Å². The van der Waals surface area contributed by atoms with Crippen molar-refractivity contribution in [1.82, 2.24) is 5.32 Å². The molecule has 0 unspecified atom stereocenters. The second kappa shape index (κ2) is 4.29. The molecule has 0 radical (unpaired) electrons. The molecule has 3 heteroatoms. The number of hydrogen-bond donors (Lipinski definition) is 1. The van der Waals surface area contributed by atoms with Crippen LogP contribution in [0.2, 0.25) is 0 Å². The number of aliphatic imine (C=N–C) groups is 1. The van der Waals surface area contributed by atoms with Gasteiger partial charge in [-0.1, -0.05) is 38.6 Å². The van der Waals surface area contributed by atoms with E-state index < -0.39 is 0 Å². The van der Waals surface area contributed by atoms with Crippen molar-refractivity contribution in [2.75, 3.05) is 0 Å². The molecule has 3 aliphatic rings. The maximum atomic E-state index is 4.99. The van der Waals surface area contributed by atoms with Gasteiger partial charge in [0.25, 0.3) is 0 Å². The van der Waals surface area contributed by atoms with E-state index in [0.717, 1.165) is 22.7 Å². The van der Waals surface area contributed by atoms with Crippen LogP contribution in [-0.2, 0) is 0 Å². The zero-order valence-corrected chi connectivity index (χ0v) is 12.5. The van der Waals surface area contributed by atoms with Gasteiger partial charge in [-0.05, 0) is 43.9 Å². The molecule has 2 bridgehead atoms. The Morgan fingerprint density at radius 3 is 2.67 bits per heavy atom. The number of nitrogens with one attached hydrogen (secondary N) is 1. The summed E-state index contributed by atoms with van der Waals surface area (Å²) in [7, 11) is 0. The average molecular weight is 264 g/mol. The molecule has 0 aromatic carbocycles. The highest BCUT2D eigenvalue weighted by Gasteiger charge is 2.43. The first-order valence-electron chi connectivity index (χ1n) is 7.22. The number of nitrogens with zero attached hydrogens (tertiary/aromatic N) is 1. The fraction of sp³-hybridized carbons (Fsp3) is 0.800. The first-order chi connectivity index (χ1) is 8.49. The van der Waals surface area contributed by atoms with Crippen molar-refractivity contribution < 1.29 is 0 Å². The molecule has 0 amide bonds. The summed E-state index contributed by atoms with van der Waals surface area (Å²) in [5.41, 5.74) is 1.13. The van der Waals surface area contributed by atoms with Crippen LogP contribution >= 0.6 is 11.8 Å². The molecular weight excluding hydrogens is 240 g/mol. The molecule has 1 heterocycles. The van der Waals surface area contributed by atoms with Crippen LogP contribution in [0, 0.1) is 17.8 Å². The Hall–Kier alpha value is -0.440.